The van der Waals surface area contributed by atoms with Crippen molar-refractivity contribution in [3.8, 4) is 0 Å². The number of nitrogens with zero attached hydrogens (tertiary/aromatic N) is 1. The first kappa shape index (κ1) is 8.94. The second-order valence-corrected chi connectivity index (χ2v) is 3.82. The Morgan fingerprint density at radius 1 is 1.46 bits per heavy atom. The highest BCUT2D eigenvalue weighted by Gasteiger charge is 2.31. The highest BCUT2D eigenvalue weighted by molar-refractivity contribution is 5.82. The fourth-order valence-electron chi connectivity index (χ4n) is 2.03. The van der Waals surface area contributed by atoms with Crippen LogP contribution in [0, 0.1) is 0 Å². The Bertz CT molecular complexity index is 204. The van der Waals surface area contributed by atoms with Crippen LogP contribution in [0.5, 0.6) is 0 Å². The third kappa shape index (κ3) is 1.82. The molecule has 0 saturated carbocycles. The van der Waals surface area contributed by atoms with Crippen LogP contribution in [0.3, 0.4) is 0 Å². The number of amides is 1. The number of likely N-dealkylation sites (tertiary alicyclic amines) is 1. The van der Waals surface area contributed by atoms with Crippen molar-refractivity contribution < 1.29 is 9.18 Å². The van der Waals surface area contributed by atoms with Gasteiger partial charge in [0.1, 0.15) is 6.17 Å². The molecule has 2 fully saturated rings. The molecular weight excluding hydrogens is 171 g/mol. The lowest BCUT2D eigenvalue weighted by molar-refractivity contribution is -0.132. The minimum absolute atomic E-state index is 0.0368. The first-order chi connectivity index (χ1) is 6.27. The summed E-state index contributed by atoms with van der Waals surface area (Å²) in [6.07, 6.45) is 1.68. The number of hydrogen-bond donors (Lipinski definition) is 1. The van der Waals surface area contributed by atoms with Crippen LogP contribution in [0.25, 0.3) is 0 Å². The first-order valence-corrected chi connectivity index (χ1v) is 4.93. The van der Waals surface area contributed by atoms with Crippen molar-refractivity contribution >= 4 is 5.91 Å². The van der Waals surface area contributed by atoms with Crippen LogP contribution in [-0.2, 0) is 4.79 Å². The average Bonchev–Trinajstić information content (AvgIpc) is 2.72. The van der Waals surface area contributed by atoms with Crippen LogP contribution in [-0.4, -0.2) is 42.7 Å². The van der Waals surface area contributed by atoms with Crippen LogP contribution in [0.15, 0.2) is 0 Å². The van der Waals surface area contributed by atoms with Gasteiger partial charge in [0.2, 0.25) is 5.91 Å². The normalized spacial score (nSPS) is 34.1. The number of carbonyl (C=O) groups excluding carboxylic acids is 1. The average molecular weight is 186 g/mol. The Morgan fingerprint density at radius 2 is 2.31 bits per heavy atom. The third-order valence-electron chi connectivity index (χ3n) is 2.80. The molecule has 0 aliphatic carbocycles. The van der Waals surface area contributed by atoms with E-state index in [0.29, 0.717) is 19.5 Å². The molecule has 2 aliphatic rings. The molecule has 3 nitrogen and oxygen atoms in total. The van der Waals surface area contributed by atoms with E-state index in [1.54, 1.807) is 4.90 Å². The summed E-state index contributed by atoms with van der Waals surface area (Å²) in [4.78, 5) is 13.3. The van der Waals surface area contributed by atoms with E-state index in [1.807, 2.05) is 0 Å². The van der Waals surface area contributed by atoms with Crippen molar-refractivity contribution in [2.24, 2.45) is 0 Å². The second kappa shape index (κ2) is 3.62. The summed E-state index contributed by atoms with van der Waals surface area (Å²) < 4.78 is 12.8. The minimum atomic E-state index is -0.801. The van der Waals surface area contributed by atoms with Crippen LogP contribution in [0.2, 0.25) is 0 Å². The molecule has 13 heavy (non-hydrogen) atoms. The summed E-state index contributed by atoms with van der Waals surface area (Å²) in [7, 11) is 0. The zero-order valence-corrected chi connectivity index (χ0v) is 7.63. The molecule has 0 aromatic carbocycles. The largest absolute Gasteiger partial charge is 0.338 e. The topological polar surface area (TPSA) is 32.3 Å². The Hall–Kier alpha value is -0.640. The maximum atomic E-state index is 12.8. The van der Waals surface area contributed by atoms with Gasteiger partial charge in [-0.25, -0.2) is 4.39 Å². The van der Waals surface area contributed by atoms with E-state index < -0.39 is 6.17 Å². The van der Waals surface area contributed by atoms with Crippen LogP contribution >= 0.6 is 0 Å². The molecule has 4 heteroatoms. The van der Waals surface area contributed by atoms with Gasteiger partial charge in [0.15, 0.2) is 0 Å². The van der Waals surface area contributed by atoms with E-state index in [4.69, 9.17) is 0 Å². The molecule has 0 bridgehead atoms. The lowest BCUT2D eigenvalue weighted by Gasteiger charge is -2.19. The van der Waals surface area contributed by atoms with E-state index in [2.05, 4.69) is 5.32 Å². The lowest BCUT2D eigenvalue weighted by Crippen LogP contribution is -2.42. The molecule has 2 rings (SSSR count). The Morgan fingerprint density at radius 3 is 2.85 bits per heavy atom. The van der Waals surface area contributed by atoms with Crippen molar-refractivity contribution in [3.63, 3.8) is 0 Å². The molecular formula is C9H15FN2O. The summed E-state index contributed by atoms with van der Waals surface area (Å²) >= 11 is 0. The van der Waals surface area contributed by atoms with E-state index >= 15 is 0 Å². The molecule has 2 aliphatic heterocycles. The number of carbonyl (C=O) groups is 1. The lowest BCUT2D eigenvalue weighted by atomic mass is 10.2. The van der Waals surface area contributed by atoms with Gasteiger partial charge in [-0.05, 0) is 25.8 Å². The number of alkyl halides is 1. The van der Waals surface area contributed by atoms with Gasteiger partial charge >= 0.3 is 0 Å². The van der Waals surface area contributed by atoms with Crippen molar-refractivity contribution in [2.75, 3.05) is 19.6 Å². The van der Waals surface area contributed by atoms with Crippen molar-refractivity contribution in [3.05, 3.63) is 0 Å². The molecule has 2 atom stereocenters. The van der Waals surface area contributed by atoms with Crippen molar-refractivity contribution in [1.29, 1.82) is 0 Å². The molecule has 0 spiro atoms. The smallest absolute Gasteiger partial charge is 0.239 e. The van der Waals surface area contributed by atoms with Crippen LogP contribution in [0.1, 0.15) is 19.3 Å². The predicted octanol–water partition coefficient (Wildman–Crippen LogP) is 0.309. The quantitative estimate of drug-likeness (QED) is 0.639. The van der Waals surface area contributed by atoms with Gasteiger partial charge in [0.05, 0.1) is 12.6 Å². The zero-order valence-electron chi connectivity index (χ0n) is 7.63. The van der Waals surface area contributed by atoms with Crippen molar-refractivity contribution in [1.82, 2.24) is 10.2 Å². The van der Waals surface area contributed by atoms with Crippen LogP contribution < -0.4 is 5.32 Å². The van der Waals surface area contributed by atoms with Gasteiger partial charge < -0.3 is 10.2 Å². The van der Waals surface area contributed by atoms with Gasteiger partial charge in [-0.15, -0.1) is 0 Å². The molecule has 74 valence electrons. The standard InChI is InChI=1S/C9H15FN2O/c10-7-3-5-12(6-7)9(13)8-2-1-4-11-8/h7-8,11H,1-6H2. The fraction of sp³-hybridized carbons (Fsp3) is 0.889. The monoisotopic (exact) mass is 186 g/mol. The van der Waals surface area contributed by atoms with Gasteiger partial charge in [0.25, 0.3) is 0 Å². The SMILES string of the molecule is O=C(C1CCCN1)N1CCC(F)C1. The zero-order chi connectivity index (χ0) is 9.26. The molecule has 0 aromatic heterocycles. The van der Waals surface area contributed by atoms with Crippen LogP contribution in [0.4, 0.5) is 4.39 Å². The summed E-state index contributed by atoms with van der Waals surface area (Å²) in [5.41, 5.74) is 0. The van der Waals surface area contributed by atoms with Gasteiger partial charge in [-0.2, -0.15) is 0 Å². The van der Waals surface area contributed by atoms with E-state index in [-0.39, 0.29) is 11.9 Å². The molecule has 1 amide bonds. The molecule has 2 saturated heterocycles. The molecule has 0 radical (unpaired) electrons. The summed E-state index contributed by atoms with van der Waals surface area (Å²) in [6, 6.07) is -0.0368. The molecule has 2 unspecified atom stereocenters. The van der Waals surface area contributed by atoms with E-state index in [1.165, 1.54) is 0 Å². The maximum absolute atomic E-state index is 12.8. The second-order valence-electron chi connectivity index (χ2n) is 3.82. The first-order valence-electron chi connectivity index (χ1n) is 4.93. The third-order valence-corrected chi connectivity index (χ3v) is 2.80. The Balaban J connectivity index is 1.89. The van der Waals surface area contributed by atoms with Gasteiger partial charge in [-0.3, -0.25) is 4.79 Å². The number of halogens is 1. The fourth-order valence-corrected chi connectivity index (χ4v) is 2.03. The highest BCUT2D eigenvalue weighted by atomic mass is 19.1. The highest BCUT2D eigenvalue weighted by Crippen LogP contribution is 2.16. The predicted molar refractivity (Wildman–Crippen MR) is 47.1 cm³/mol. The van der Waals surface area contributed by atoms with Gasteiger partial charge in [-0.1, -0.05) is 0 Å². The Kier molecular flexibility index (Phi) is 2.49. The molecule has 0 aromatic rings. The van der Waals surface area contributed by atoms with E-state index in [0.717, 1.165) is 19.4 Å². The summed E-state index contributed by atoms with van der Waals surface area (Å²) in [6.45, 7) is 1.82. The number of rotatable bonds is 1. The summed E-state index contributed by atoms with van der Waals surface area (Å²) in [5, 5.41) is 3.13. The van der Waals surface area contributed by atoms with E-state index in [9.17, 15) is 9.18 Å². The number of hydrogen-bond acceptors (Lipinski definition) is 2. The van der Waals surface area contributed by atoms with Crippen molar-refractivity contribution in [2.45, 2.75) is 31.5 Å². The number of nitrogens with one attached hydrogen (secondary N) is 1. The molecule has 1 N–H and O–H groups in total. The summed E-state index contributed by atoms with van der Waals surface area (Å²) in [5.74, 6) is 0.0950. The minimum Gasteiger partial charge on any atom is -0.338 e. The van der Waals surface area contributed by atoms with Gasteiger partial charge in [0, 0.05) is 6.54 Å². The molecule has 2 heterocycles. The maximum Gasteiger partial charge on any atom is 0.239 e. The Labute approximate surface area is 77.3 Å².